The Labute approximate surface area is 187 Å². The Hall–Kier alpha value is -2.35. The highest BCUT2D eigenvalue weighted by molar-refractivity contribution is 7.80. The molecule has 1 amide bonds. The molecule has 160 valence electrons. The maximum atomic E-state index is 12.6. The average Bonchev–Trinajstić information content (AvgIpc) is 2.75. The van der Waals surface area contributed by atoms with Crippen LogP contribution in [0.2, 0.25) is 5.02 Å². The van der Waals surface area contributed by atoms with Gasteiger partial charge in [-0.3, -0.25) is 10.1 Å². The number of benzene rings is 2. The highest BCUT2D eigenvalue weighted by Crippen LogP contribution is 2.30. The lowest BCUT2D eigenvalue weighted by Crippen LogP contribution is -2.38. The van der Waals surface area contributed by atoms with E-state index >= 15 is 0 Å². The predicted molar refractivity (Wildman–Crippen MR) is 125 cm³/mol. The molecule has 1 saturated heterocycles. The lowest BCUT2D eigenvalue weighted by molar-refractivity contribution is 0.0977. The van der Waals surface area contributed by atoms with E-state index in [0.717, 1.165) is 37.3 Å². The van der Waals surface area contributed by atoms with Crippen LogP contribution in [-0.2, 0) is 4.74 Å². The van der Waals surface area contributed by atoms with E-state index in [-0.39, 0.29) is 11.0 Å². The highest BCUT2D eigenvalue weighted by atomic mass is 35.5. The summed E-state index contributed by atoms with van der Waals surface area (Å²) in [7, 11) is 0. The van der Waals surface area contributed by atoms with Crippen molar-refractivity contribution in [3.8, 4) is 5.75 Å². The Morgan fingerprint density at radius 1 is 1.23 bits per heavy atom. The van der Waals surface area contributed by atoms with Crippen LogP contribution in [0.15, 0.2) is 42.5 Å². The first kappa shape index (κ1) is 22.3. The van der Waals surface area contributed by atoms with Gasteiger partial charge in [0.25, 0.3) is 5.91 Å². The van der Waals surface area contributed by atoms with E-state index < -0.39 is 0 Å². The zero-order valence-electron chi connectivity index (χ0n) is 16.9. The van der Waals surface area contributed by atoms with Gasteiger partial charge in [-0.2, -0.15) is 0 Å². The van der Waals surface area contributed by atoms with Crippen molar-refractivity contribution in [2.24, 2.45) is 0 Å². The Morgan fingerprint density at radius 3 is 2.80 bits per heavy atom. The number of nitrogens with one attached hydrogen (secondary N) is 2. The van der Waals surface area contributed by atoms with Gasteiger partial charge in [-0.15, -0.1) is 0 Å². The van der Waals surface area contributed by atoms with E-state index in [1.165, 1.54) is 0 Å². The molecule has 30 heavy (non-hydrogen) atoms. The van der Waals surface area contributed by atoms with Gasteiger partial charge < -0.3 is 19.7 Å². The Kier molecular flexibility index (Phi) is 8.30. The minimum absolute atomic E-state index is 0.203. The molecule has 0 radical (unpaired) electrons. The number of morpholine rings is 1. The smallest absolute Gasteiger partial charge is 0.257 e. The number of hydrogen-bond donors (Lipinski definition) is 2. The van der Waals surface area contributed by atoms with Crippen molar-refractivity contribution in [1.29, 1.82) is 0 Å². The number of carbonyl (C=O) groups excluding carboxylic acids is 1. The summed E-state index contributed by atoms with van der Waals surface area (Å²) in [6.07, 6.45) is 2.02. The molecule has 0 spiro atoms. The summed E-state index contributed by atoms with van der Waals surface area (Å²) >= 11 is 11.6. The average molecular weight is 448 g/mol. The fourth-order valence-corrected chi connectivity index (χ4v) is 3.45. The van der Waals surface area contributed by atoms with Gasteiger partial charge in [0.2, 0.25) is 0 Å². The highest BCUT2D eigenvalue weighted by Gasteiger charge is 2.17. The van der Waals surface area contributed by atoms with Crippen molar-refractivity contribution in [3.63, 3.8) is 0 Å². The van der Waals surface area contributed by atoms with Gasteiger partial charge in [0.1, 0.15) is 5.75 Å². The van der Waals surface area contributed by atoms with Crippen LogP contribution in [0.25, 0.3) is 0 Å². The third kappa shape index (κ3) is 6.32. The molecule has 0 unspecified atom stereocenters. The van der Waals surface area contributed by atoms with Crippen molar-refractivity contribution in [2.45, 2.75) is 19.8 Å². The maximum absolute atomic E-state index is 12.6. The van der Waals surface area contributed by atoms with Crippen LogP contribution in [0.5, 0.6) is 5.75 Å². The summed E-state index contributed by atoms with van der Waals surface area (Å²) in [6.45, 7) is 5.62. The van der Waals surface area contributed by atoms with Gasteiger partial charge >= 0.3 is 0 Å². The van der Waals surface area contributed by atoms with E-state index in [9.17, 15) is 4.79 Å². The number of thiocarbonyl (C=S) groups is 1. The molecule has 1 aliphatic heterocycles. The second-order valence-corrected chi connectivity index (χ2v) is 7.74. The summed E-state index contributed by atoms with van der Waals surface area (Å²) in [5.41, 5.74) is 2.18. The summed E-state index contributed by atoms with van der Waals surface area (Å²) in [5.74, 6) is 0.364. The molecule has 1 aliphatic rings. The van der Waals surface area contributed by atoms with E-state index in [4.69, 9.17) is 33.3 Å². The molecule has 0 aliphatic carbocycles. The second kappa shape index (κ2) is 11.2. The number of halogens is 1. The molecule has 2 aromatic rings. The van der Waals surface area contributed by atoms with Crippen LogP contribution < -0.4 is 20.3 Å². The van der Waals surface area contributed by atoms with Crippen molar-refractivity contribution >= 4 is 46.2 Å². The summed E-state index contributed by atoms with van der Waals surface area (Å²) in [6, 6.07) is 12.6. The topological polar surface area (TPSA) is 62.8 Å². The Morgan fingerprint density at radius 2 is 2.03 bits per heavy atom. The standard InChI is InChI=1S/C22H26ClN3O3S/c1-2-3-11-29-18-6-4-5-16(14-18)21(27)25-22(30)24-19-15-17(23)7-8-20(19)26-9-12-28-13-10-26/h4-8,14-15H,2-3,9-13H2,1H3,(H2,24,25,27,30). The summed E-state index contributed by atoms with van der Waals surface area (Å²) in [5, 5.41) is 6.62. The molecule has 6 nitrogen and oxygen atoms in total. The minimum atomic E-state index is -0.302. The van der Waals surface area contributed by atoms with Crippen molar-refractivity contribution in [2.75, 3.05) is 43.1 Å². The fraction of sp³-hybridized carbons (Fsp3) is 0.364. The van der Waals surface area contributed by atoms with Crippen molar-refractivity contribution in [1.82, 2.24) is 5.32 Å². The van der Waals surface area contributed by atoms with E-state index in [1.54, 1.807) is 24.3 Å². The normalized spacial score (nSPS) is 13.6. The van der Waals surface area contributed by atoms with Gasteiger partial charge in [-0.1, -0.05) is 31.0 Å². The fourth-order valence-electron chi connectivity index (χ4n) is 3.08. The number of ether oxygens (including phenoxy) is 2. The van der Waals surface area contributed by atoms with Crippen LogP contribution in [-0.4, -0.2) is 43.9 Å². The first-order chi connectivity index (χ1) is 14.6. The molecule has 1 fully saturated rings. The number of amides is 1. The maximum Gasteiger partial charge on any atom is 0.257 e. The number of hydrogen-bond acceptors (Lipinski definition) is 5. The van der Waals surface area contributed by atoms with Crippen molar-refractivity contribution in [3.05, 3.63) is 53.1 Å². The lowest BCUT2D eigenvalue weighted by Gasteiger charge is -2.30. The Balaban J connectivity index is 1.65. The minimum Gasteiger partial charge on any atom is -0.494 e. The first-order valence-corrected chi connectivity index (χ1v) is 10.8. The molecule has 1 heterocycles. The molecule has 8 heteroatoms. The third-order valence-electron chi connectivity index (χ3n) is 4.65. The van der Waals surface area contributed by atoms with E-state index in [0.29, 0.717) is 36.2 Å². The molecule has 2 N–H and O–H groups in total. The molecule has 0 atom stereocenters. The second-order valence-electron chi connectivity index (χ2n) is 6.90. The number of unbranched alkanes of at least 4 members (excludes halogenated alkanes) is 1. The first-order valence-electron chi connectivity index (χ1n) is 10.0. The predicted octanol–water partition coefficient (Wildman–Crippen LogP) is 4.48. The zero-order chi connectivity index (χ0) is 21.3. The van der Waals surface area contributed by atoms with Crippen LogP contribution in [0, 0.1) is 0 Å². The van der Waals surface area contributed by atoms with Crippen LogP contribution >= 0.6 is 23.8 Å². The van der Waals surface area contributed by atoms with E-state index in [1.807, 2.05) is 18.2 Å². The van der Waals surface area contributed by atoms with Crippen LogP contribution in [0.3, 0.4) is 0 Å². The Bertz CT molecular complexity index is 888. The van der Waals surface area contributed by atoms with Crippen molar-refractivity contribution < 1.29 is 14.3 Å². The summed E-state index contributed by atoms with van der Waals surface area (Å²) in [4.78, 5) is 14.8. The zero-order valence-corrected chi connectivity index (χ0v) is 18.5. The molecule has 0 bridgehead atoms. The molecule has 3 rings (SSSR count). The van der Waals surface area contributed by atoms with Gasteiger partial charge in [0.05, 0.1) is 31.2 Å². The summed E-state index contributed by atoms with van der Waals surface area (Å²) < 4.78 is 11.1. The molecule has 2 aromatic carbocycles. The van der Waals surface area contributed by atoms with Gasteiger partial charge in [0.15, 0.2) is 5.11 Å². The lowest BCUT2D eigenvalue weighted by atomic mass is 10.2. The van der Waals surface area contributed by atoms with Crippen LogP contribution in [0.1, 0.15) is 30.1 Å². The SMILES string of the molecule is CCCCOc1cccc(C(=O)NC(=S)Nc2cc(Cl)ccc2N2CCOCC2)c1. The van der Waals surface area contributed by atoms with Gasteiger partial charge in [0, 0.05) is 23.7 Å². The number of anilines is 2. The molecular weight excluding hydrogens is 422 g/mol. The third-order valence-corrected chi connectivity index (χ3v) is 5.09. The van der Waals surface area contributed by atoms with Gasteiger partial charge in [-0.05, 0) is 55.0 Å². The molecular formula is C22H26ClN3O3S. The largest absolute Gasteiger partial charge is 0.494 e. The number of nitrogens with zero attached hydrogens (tertiary/aromatic N) is 1. The quantitative estimate of drug-likeness (QED) is 0.482. The number of carbonyl (C=O) groups is 1. The number of rotatable bonds is 7. The van der Waals surface area contributed by atoms with Gasteiger partial charge in [-0.25, -0.2) is 0 Å². The monoisotopic (exact) mass is 447 g/mol. The molecule has 0 saturated carbocycles. The molecule has 0 aromatic heterocycles. The van der Waals surface area contributed by atoms with Crippen LogP contribution in [0.4, 0.5) is 11.4 Å². The van der Waals surface area contributed by atoms with E-state index in [2.05, 4.69) is 22.5 Å².